The summed E-state index contributed by atoms with van der Waals surface area (Å²) in [4.78, 5) is 9.44. The van der Waals surface area contributed by atoms with Crippen LogP contribution in [-0.4, -0.2) is 50.1 Å². The number of rotatable bonds is 6. The molecule has 1 aliphatic heterocycles. The molecule has 0 amide bonds. The lowest BCUT2D eigenvalue weighted by Crippen LogP contribution is -2.46. The van der Waals surface area contributed by atoms with Crippen molar-refractivity contribution in [3.8, 4) is 0 Å². The van der Waals surface area contributed by atoms with Crippen LogP contribution in [-0.2, 0) is 0 Å². The van der Waals surface area contributed by atoms with Crippen molar-refractivity contribution in [2.45, 2.75) is 20.3 Å². The molecule has 0 bridgehead atoms. The number of hydrogen-bond acceptors (Lipinski definition) is 3. The van der Waals surface area contributed by atoms with Crippen LogP contribution < -0.4 is 16.0 Å². The highest BCUT2D eigenvalue weighted by molar-refractivity contribution is 5.92. The van der Waals surface area contributed by atoms with E-state index in [0.29, 0.717) is 5.96 Å². The van der Waals surface area contributed by atoms with E-state index >= 15 is 0 Å². The van der Waals surface area contributed by atoms with Gasteiger partial charge < -0.3 is 16.0 Å². The molecule has 0 aliphatic carbocycles. The standard InChI is InChI=1S/C22H31N5/c1-18-7-9-20(10-8-18)25-22(23)24-11-4-12-26-13-15-27(16-14-26)21-6-3-5-19(2)17-21/h3,5-10,17H,4,11-16H2,1-2H3,(H3,23,24,25). The Morgan fingerprint density at radius 1 is 1.00 bits per heavy atom. The smallest absolute Gasteiger partial charge is 0.193 e. The van der Waals surface area contributed by atoms with Gasteiger partial charge in [-0.1, -0.05) is 29.8 Å². The van der Waals surface area contributed by atoms with Gasteiger partial charge in [0, 0.05) is 50.6 Å². The van der Waals surface area contributed by atoms with Crippen molar-refractivity contribution in [3.05, 3.63) is 59.7 Å². The molecule has 0 atom stereocenters. The zero-order valence-corrected chi connectivity index (χ0v) is 16.5. The molecule has 27 heavy (non-hydrogen) atoms. The van der Waals surface area contributed by atoms with E-state index in [9.17, 15) is 0 Å². The number of hydrogen-bond donors (Lipinski definition) is 2. The Kier molecular flexibility index (Phi) is 6.71. The number of piperazine rings is 1. The Morgan fingerprint density at radius 3 is 2.44 bits per heavy atom. The monoisotopic (exact) mass is 365 g/mol. The molecule has 1 heterocycles. The molecule has 5 nitrogen and oxygen atoms in total. The van der Waals surface area contributed by atoms with E-state index in [1.807, 2.05) is 12.1 Å². The number of anilines is 2. The highest BCUT2D eigenvalue weighted by atomic mass is 15.3. The third kappa shape index (κ3) is 6.00. The topological polar surface area (TPSA) is 56.9 Å². The van der Waals surface area contributed by atoms with Crippen LogP contribution in [0.4, 0.5) is 11.4 Å². The number of nitrogens with one attached hydrogen (secondary N) is 1. The first-order valence-electron chi connectivity index (χ1n) is 9.78. The highest BCUT2D eigenvalue weighted by Gasteiger charge is 2.16. The molecule has 2 aromatic carbocycles. The molecule has 0 radical (unpaired) electrons. The lowest BCUT2D eigenvalue weighted by molar-refractivity contribution is 0.256. The van der Waals surface area contributed by atoms with Crippen molar-refractivity contribution in [2.75, 3.05) is 49.5 Å². The molecule has 144 valence electrons. The zero-order chi connectivity index (χ0) is 19.1. The van der Waals surface area contributed by atoms with E-state index in [-0.39, 0.29) is 0 Å². The van der Waals surface area contributed by atoms with E-state index in [1.165, 1.54) is 16.8 Å². The predicted molar refractivity (Wildman–Crippen MR) is 116 cm³/mol. The van der Waals surface area contributed by atoms with Gasteiger partial charge in [0.15, 0.2) is 5.96 Å². The molecule has 5 heteroatoms. The Morgan fingerprint density at radius 2 is 1.74 bits per heavy atom. The minimum atomic E-state index is 0.489. The average Bonchev–Trinajstić information content (AvgIpc) is 2.68. The summed E-state index contributed by atoms with van der Waals surface area (Å²) in [6, 6.07) is 16.9. The van der Waals surface area contributed by atoms with Crippen LogP contribution in [0.2, 0.25) is 0 Å². The van der Waals surface area contributed by atoms with E-state index in [0.717, 1.165) is 51.4 Å². The lowest BCUT2D eigenvalue weighted by atomic mass is 10.2. The third-order valence-electron chi connectivity index (χ3n) is 4.98. The van der Waals surface area contributed by atoms with Gasteiger partial charge in [0.1, 0.15) is 0 Å². The van der Waals surface area contributed by atoms with Gasteiger partial charge in [-0.25, -0.2) is 0 Å². The van der Waals surface area contributed by atoms with E-state index in [1.54, 1.807) is 0 Å². The van der Waals surface area contributed by atoms with Crippen molar-refractivity contribution in [2.24, 2.45) is 10.7 Å². The fourth-order valence-corrected chi connectivity index (χ4v) is 3.37. The second-order valence-corrected chi connectivity index (χ2v) is 7.28. The van der Waals surface area contributed by atoms with Crippen LogP contribution in [0.1, 0.15) is 17.5 Å². The Labute approximate surface area is 162 Å². The van der Waals surface area contributed by atoms with Crippen molar-refractivity contribution in [1.82, 2.24) is 4.90 Å². The molecular formula is C22H31N5. The molecule has 1 saturated heterocycles. The van der Waals surface area contributed by atoms with Gasteiger partial charge in [-0.3, -0.25) is 9.89 Å². The molecule has 3 rings (SSSR count). The largest absolute Gasteiger partial charge is 0.370 e. The van der Waals surface area contributed by atoms with Gasteiger partial charge >= 0.3 is 0 Å². The number of guanidine groups is 1. The quantitative estimate of drug-likeness (QED) is 0.469. The summed E-state index contributed by atoms with van der Waals surface area (Å²) < 4.78 is 0. The SMILES string of the molecule is Cc1ccc(NC(N)=NCCCN2CCN(c3cccc(C)c3)CC2)cc1. The van der Waals surface area contributed by atoms with Crippen molar-refractivity contribution in [3.63, 3.8) is 0 Å². The third-order valence-corrected chi connectivity index (χ3v) is 4.98. The summed E-state index contributed by atoms with van der Waals surface area (Å²) in [7, 11) is 0. The molecule has 2 aromatic rings. The van der Waals surface area contributed by atoms with Crippen LogP contribution in [0.15, 0.2) is 53.5 Å². The molecule has 0 saturated carbocycles. The maximum absolute atomic E-state index is 5.98. The van der Waals surface area contributed by atoms with Gasteiger partial charge in [0.05, 0.1) is 0 Å². The molecule has 1 fully saturated rings. The van der Waals surface area contributed by atoms with Crippen LogP contribution in [0.5, 0.6) is 0 Å². The van der Waals surface area contributed by atoms with Gasteiger partial charge in [-0.2, -0.15) is 0 Å². The summed E-state index contributed by atoms with van der Waals surface area (Å²) >= 11 is 0. The Bertz CT molecular complexity index is 746. The number of benzene rings is 2. The molecule has 1 aliphatic rings. The number of aryl methyl sites for hydroxylation is 2. The second-order valence-electron chi connectivity index (χ2n) is 7.28. The van der Waals surface area contributed by atoms with E-state index < -0.39 is 0 Å². The van der Waals surface area contributed by atoms with Crippen LogP contribution in [0.25, 0.3) is 0 Å². The van der Waals surface area contributed by atoms with Gasteiger partial charge in [-0.15, -0.1) is 0 Å². The fourth-order valence-electron chi connectivity index (χ4n) is 3.37. The summed E-state index contributed by atoms with van der Waals surface area (Å²) in [6.45, 7) is 10.4. The van der Waals surface area contributed by atoms with Crippen LogP contribution >= 0.6 is 0 Å². The number of nitrogens with two attached hydrogens (primary N) is 1. The zero-order valence-electron chi connectivity index (χ0n) is 16.5. The number of nitrogens with zero attached hydrogens (tertiary/aromatic N) is 3. The normalized spacial score (nSPS) is 15.8. The van der Waals surface area contributed by atoms with Gasteiger partial charge in [-0.05, 0) is 50.1 Å². The fraction of sp³-hybridized carbons (Fsp3) is 0.409. The first-order chi connectivity index (χ1) is 13.1. The summed E-state index contributed by atoms with van der Waals surface area (Å²) in [6.07, 6.45) is 1.03. The Hall–Kier alpha value is -2.53. The molecular weight excluding hydrogens is 334 g/mol. The number of aliphatic imine (C=N–C) groups is 1. The molecule has 0 spiro atoms. The molecule has 0 unspecified atom stereocenters. The minimum Gasteiger partial charge on any atom is -0.370 e. The first kappa shape index (κ1) is 19.2. The maximum atomic E-state index is 5.98. The minimum absolute atomic E-state index is 0.489. The summed E-state index contributed by atoms with van der Waals surface area (Å²) in [5, 5.41) is 3.14. The molecule has 0 aromatic heterocycles. The second kappa shape index (κ2) is 9.42. The van der Waals surface area contributed by atoms with Crippen LogP contribution in [0.3, 0.4) is 0 Å². The van der Waals surface area contributed by atoms with E-state index in [4.69, 9.17) is 5.73 Å². The lowest BCUT2D eigenvalue weighted by Gasteiger charge is -2.36. The predicted octanol–water partition coefficient (Wildman–Crippen LogP) is 3.24. The van der Waals surface area contributed by atoms with Crippen LogP contribution in [0, 0.1) is 13.8 Å². The van der Waals surface area contributed by atoms with Crippen molar-refractivity contribution in [1.29, 1.82) is 0 Å². The van der Waals surface area contributed by atoms with Crippen molar-refractivity contribution < 1.29 is 0 Å². The highest BCUT2D eigenvalue weighted by Crippen LogP contribution is 2.17. The average molecular weight is 366 g/mol. The van der Waals surface area contributed by atoms with Gasteiger partial charge in [0.2, 0.25) is 0 Å². The van der Waals surface area contributed by atoms with E-state index in [2.05, 4.69) is 70.4 Å². The van der Waals surface area contributed by atoms with Crippen molar-refractivity contribution >= 4 is 17.3 Å². The molecule has 3 N–H and O–H groups in total. The Balaban J connectivity index is 1.36. The summed E-state index contributed by atoms with van der Waals surface area (Å²) in [5.41, 5.74) is 10.9. The maximum Gasteiger partial charge on any atom is 0.193 e. The van der Waals surface area contributed by atoms with Gasteiger partial charge in [0.25, 0.3) is 0 Å². The summed E-state index contributed by atoms with van der Waals surface area (Å²) in [5.74, 6) is 0.489. The first-order valence-corrected chi connectivity index (χ1v) is 9.78.